The van der Waals surface area contributed by atoms with Gasteiger partial charge in [0.15, 0.2) is 0 Å². The van der Waals surface area contributed by atoms with Crippen LogP contribution in [0.5, 0.6) is 0 Å². The van der Waals surface area contributed by atoms with Crippen molar-refractivity contribution >= 4 is 35.8 Å². The molecule has 0 spiro atoms. The lowest BCUT2D eigenvalue weighted by molar-refractivity contribution is -0.122. The number of benzene rings is 1. The van der Waals surface area contributed by atoms with Gasteiger partial charge in [-0.2, -0.15) is 0 Å². The summed E-state index contributed by atoms with van der Waals surface area (Å²) in [5.74, 6) is 0.0967. The van der Waals surface area contributed by atoms with Crippen molar-refractivity contribution in [3.8, 4) is 0 Å². The summed E-state index contributed by atoms with van der Waals surface area (Å²) in [6.07, 6.45) is 4.88. The second-order valence-electron chi connectivity index (χ2n) is 4.65. The van der Waals surface area contributed by atoms with Gasteiger partial charge in [-0.3, -0.25) is 4.79 Å². The molecule has 1 saturated heterocycles. The SMILES string of the molecule is CCC1(C(=O)Nc2ccc(SC)cc2)CCCN1.Cl. The molecule has 1 aliphatic heterocycles. The van der Waals surface area contributed by atoms with Crippen LogP contribution in [0.2, 0.25) is 0 Å². The number of hydrogen-bond donors (Lipinski definition) is 2. The van der Waals surface area contributed by atoms with Crippen LogP contribution >= 0.6 is 24.2 Å². The smallest absolute Gasteiger partial charge is 0.244 e. The minimum Gasteiger partial charge on any atom is -0.324 e. The maximum Gasteiger partial charge on any atom is 0.244 e. The summed E-state index contributed by atoms with van der Waals surface area (Å²) in [5, 5.41) is 6.36. The van der Waals surface area contributed by atoms with Gasteiger partial charge in [-0.05, 0) is 56.3 Å². The number of carbonyl (C=O) groups excluding carboxylic acids is 1. The summed E-state index contributed by atoms with van der Waals surface area (Å²) in [7, 11) is 0. The average Bonchev–Trinajstić information content (AvgIpc) is 2.89. The van der Waals surface area contributed by atoms with E-state index in [0.717, 1.165) is 31.5 Å². The molecule has 1 aliphatic rings. The highest BCUT2D eigenvalue weighted by atomic mass is 35.5. The number of anilines is 1. The monoisotopic (exact) mass is 300 g/mol. The highest BCUT2D eigenvalue weighted by molar-refractivity contribution is 7.98. The Hall–Kier alpha value is -0.710. The van der Waals surface area contributed by atoms with Crippen LogP contribution in [0.3, 0.4) is 0 Å². The molecule has 0 saturated carbocycles. The lowest BCUT2D eigenvalue weighted by atomic mass is 9.93. The van der Waals surface area contributed by atoms with Gasteiger partial charge in [0.05, 0.1) is 5.54 Å². The highest BCUT2D eigenvalue weighted by Crippen LogP contribution is 2.25. The van der Waals surface area contributed by atoms with Crippen molar-refractivity contribution in [2.24, 2.45) is 0 Å². The van der Waals surface area contributed by atoms with E-state index in [1.807, 2.05) is 30.5 Å². The Morgan fingerprint density at radius 3 is 2.58 bits per heavy atom. The van der Waals surface area contributed by atoms with Gasteiger partial charge in [0, 0.05) is 10.6 Å². The lowest BCUT2D eigenvalue weighted by Gasteiger charge is -2.26. The van der Waals surface area contributed by atoms with Crippen molar-refractivity contribution in [3.63, 3.8) is 0 Å². The van der Waals surface area contributed by atoms with E-state index in [-0.39, 0.29) is 23.9 Å². The van der Waals surface area contributed by atoms with E-state index >= 15 is 0 Å². The Bertz CT molecular complexity index is 416. The molecule has 19 heavy (non-hydrogen) atoms. The van der Waals surface area contributed by atoms with Gasteiger partial charge in [0.2, 0.25) is 5.91 Å². The normalized spacial score (nSPS) is 21.8. The number of rotatable bonds is 4. The highest BCUT2D eigenvalue weighted by Gasteiger charge is 2.38. The van der Waals surface area contributed by atoms with Crippen molar-refractivity contribution in [3.05, 3.63) is 24.3 Å². The molecule has 1 aromatic rings. The summed E-state index contributed by atoms with van der Waals surface area (Å²) < 4.78 is 0. The van der Waals surface area contributed by atoms with Gasteiger partial charge < -0.3 is 10.6 Å². The van der Waals surface area contributed by atoms with Gasteiger partial charge in [0.25, 0.3) is 0 Å². The second kappa shape index (κ2) is 7.17. The zero-order valence-electron chi connectivity index (χ0n) is 11.4. The molecular formula is C14H21ClN2OS. The molecular weight excluding hydrogens is 280 g/mol. The van der Waals surface area contributed by atoms with E-state index < -0.39 is 0 Å². The van der Waals surface area contributed by atoms with Crippen LogP contribution in [0.1, 0.15) is 26.2 Å². The van der Waals surface area contributed by atoms with Crippen molar-refractivity contribution in [2.75, 3.05) is 18.1 Å². The molecule has 0 bridgehead atoms. The molecule has 0 aliphatic carbocycles. The Morgan fingerprint density at radius 1 is 1.42 bits per heavy atom. The fraction of sp³-hybridized carbons (Fsp3) is 0.500. The van der Waals surface area contributed by atoms with Crippen LogP contribution in [0.25, 0.3) is 0 Å². The largest absolute Gasteiger partial charge is 0.324 e. The number of nitrogens with one attached hydrogen (secondary N) is 2. The third-order valence-corrected chi connectivity index (χ3v) is 4.37. The molecule has 5 heteroatoms. The first-order chi connectivity index (χ1) is 8.70. The van der Waals surface area contributed by atoms with Crippen LogP contribution < -0.4 is 10.6 Å². The predicted molar refractivity (Wildman–Crippen MR) is 84.4 cm³/mol. The van der Waals surface area contributed by atoms with Crippen LogP contribution in [0.4, 0.5) is 5.69 Å². The topological polar surface area (TPSA) is 41.1 Å². The molecule has 1 aromatic carbocycles. The zero-order valence-corrected chi connectivity index (χ0v) is 13.0. The minimum atomic E-state index is -0.363. The zero-order chi connectivity index (χ0) is 13.0. The number of hydrogen-bond acceptors (Lipinski definition) is 3. The van der Waals surface area contributed by atoms with Gasteiger partial charge >= 0.3 is 0 Å². The van der Waals surface area contributed by atoms with Crippen LogP contribution in [-0.4, -0.2) is 24.2 Å². The van der Waals surface area contributed by atoms with Crippen LogP contribution in [0, 0.1) is 0 Å². The number of amides is 1. The van der Waals surface area contributed by atoms with Crippen molar-refractivity contribution < 1.29 is 4.79 Å². The number of thioether (sulfide) groups is 1. The standard InChI is InChI=1S/C14H20N2OS.ClH/c1-3-14(9-4-10-15-14)13(17)16-11-5-7-12(18-2)8-6-11;/h5-8,15H,3-4,9-10H2,1-2H3,(H,16,17);1H. The Morgan fingerprint density at radius 2 is 2.11 bits per heavy atom. The number of halogens is 1. The average molecular weight is 301 g/mol. The molecule has 1 atom stereocenters. The van der Waals surface area contributed by atoms with E-state index in [0.29, 0.717) is 0 Å². The van der Waals surface area contributed by atoms with E-state index in [4.69, 9.17) is 0 Å². The molecule has 0 radical (unpaired) electrons. The molecule has 0 aromatic heterocycles. The molecule has 106 valence electrons. The summed E-state index contributed by atoms with van der Waals surface area (Å²) >= 11 is 1.70. The molecule has 2 rings (SSSR count). The third kappa shape index (κ3) is 3.65. The summed E-state index contributed by atoms with van der Waals surface area (Å²) in [6, 6.07) is 7.98. The lowest BCUT2D eigenvalue weighted by Crippen LogP contribution is -2.50. The maximum atomic E-state index is 12.3. The van der Waals surface area contributed by atoms with E-state index in [1.54, 1.807) is 11.8 Å². The molecule has 1 amide bonds. The van der Waals surface area contributed by atoms with Crippen molar-refractivity contribution in [1.82, 2.24) is 5.32 Å². The van der Waals surface area contributed by atoms with Gasteiger partial charge in [-0.25, -0.2) is 0 Å². The minimum absolute atomic E-state index is 0. The summed E-state index contributed by atoms with van der Waals surface area (Å²) in [4.78, 5) is 13.5. The van der Waals surface area contributed by atoms with Gasteiger partial charge in [0.1, 0.15) is 0 Å². The van der Waals surface area contributed by atoms with Crippen molar-refractivity contribution in [1.29, 1.82) is 0 Å². The van der Waals surface area contributed by atoms with E-state index in [1.165, 1.54) is 4.90 Å². The first-order valence-corrected chi connectivity index (χ1v) is 7.63. The van der Waals surface area contributed by atoms with Crippen LogP contribution in [0.15, 0.2) is 29.2 Å². The summed E-state index contributed by atoms with van der Waals surface area (Å²) in [6.45, 7) is 3.00. The first-order valence-electron chi connectivity index (χ1n) is 6.41. The van der Waals surface area contributed by atoms with Crippen LogP contribution in [-0.2, 0) is 4.79 Å². The Kier molecular flexibility index (Phi) is 6.17. The molecule has 3 nitrogen and oxygen atoms in total. The molecule has 1 fully saturated rings. The third-order valence-electron chi connectivity index (χ3n) is 3.63. The second-order valence-corrected chi connectivity index (χ2v) is 5.53. The van der Waals surface area contributed by atoms with E-state index in [2.05, 4.69) is 17.6 Å². The van der Waals surface area contributed by atoms with Gasteiger partial charge in [-0.15, -0.1) is 24.2 Å². The Balaban J connectivity index is 0.00000180. The molecule has 1 heterocycles. The predicted octanol–water partition coefficient (Wildman–Crippen LogP) is 3.30. The van der Waals surface area contributed by atoms with Crippen molar-refractivity contribution in [2.45, 2.75) is 36.6 Å². The summed E-state index contributed by atoms with van der Waals surface area (Å²) in [5.41, 5.74) is 0.511. The maximum absolute atomic E-state index is 12.3. The first kappa shape index (κ1) is 16.3. The Labute approximate surface area is 125 Å². The molecule has 1 unspecified atom stereocenters. The number of carbonyl (C=O) groups is 1. The fourth-order valence-electron chi connectivity index (χ4n) is 2.39. The molecule has 2 N–H and O–H groups in total. The van der Waals surface area contributed by atoms with E-state index in [9.17, 15) is 4.79 Å². The fourth-order valence-corrected chi connectivity index (χ4v) is 2.80. The van der Waals surface area contributed by atoms with Gasteiger partial charge in [-0.1, -0.05) is 6.92 Å². The quantitative estimate of drug-likeness (QED) is 0.838.